The number of carbonyl (C=O) groups excluding carboxylic acids is 2. The van der Waals surface area contributed by atoms with Crippen molar-refractivity contribution in [2.24, 2.45) is 46.3 Å². The van der Waals surface area contributed by atoms with E-state index in [1.807, 2.05) is 25.2 Å². The van der Waals surface area contributed by atoms with Gasteiger partial charge < -0.3 is 40.4 Å². The summed E-state index contributed by atoms with van der Waals surface area (Å²) in [5, 5.41) is 65.0. The van der Waals surface area contributed by atoms with Gasteiger partial charge in [-0.2, -0.15) is 0 Å². The van der Waals surface area contributed by atoms with E-state index in [0.29, 0.717) is 63.7 Å². The van der Waals surface area contributed by atoms with Gasteiger partial charge in [-0.05, 0) is 118 Å². The average molecular weight is 716 g/mol. The molecule has 282 valence electrons. The molecule has 13 unspecified atom stereocenters. The number of fused-ring (bicyclic) bond motifs is 7. The SMILES string of the molecule is CNC1Cc2c(cccc2CO)C#CCCC23CCC4C(O)(CC(CCC(C)C)C5(O)CC(O)CCC45C=O)C2(O)CC2CC1C1OC(=O)C=C1C23. The number of likely N-dealkylation sites (N-methyl/N-ethyl adjacent to an activating group) is 1. The summed E-state index contributed by atoms with van der Waals surface area (Å²) in [7, 11) is 1.92. The molecule has 9 rings (SSSR count). The highest BCUT2D eigenvalue weighted by Gasteiger charge is 2.81. The van der Waals surface area contributed by atoms with Gasteiger partial charge in [-0.15, -0.1) is 0 Å². The van der Waals surface area contributed by atoms with E-state index in [2.05, 4.69) is 31.0 Å². The minimum atomic E-state index is -1.69. The second kappa shape index (κ2) is 12.7. The van der Waals surface area contributed by atoms with Gasteiger partial charge in [0.15, 0.2) is 0 Å². The lowest BCUT2D eigenvalue weighted by atomic mass is 9.37. The maximum atomic E-state index is 13.8. The molecule has 8 aliphatic rings. The maximum absolute atomic E-state index is 13.8. The van der Waals surface area contributed by atoms with E-state index in [4.69, 9.17) is 4.74 Å². The Balaban J connectivity index is 1.30. The molecule has 5 fully saturated rings. The van der Waals surface area contributed by atoms with Crippen LogP contribution in [0.1, 0.15) is 108 Å². The smallest absolute Gasteiger partial charge is 0.331 e. The molecule has 1 aliphatic heterocycles. The Morgan fingerprint density at radius 3 is 2.62 bits per heavy atom. The van der Waals surface area contributed by atoms with Crippen LogP contribution in [0.4, 0.5) is 0 Å². The zero-order valence-electron chi connectivity index (χ0n) is 30.9. The molecular weight excluding hydrogens is 658 g/mol. The minimum Gasteiger partial charge on any atom is -0.454 e. The number of esters is 1. The van der Waals surface area contributed by atoms with Crippen molar-refractivity contribution in [2.75, 3.05) is 7.05 Å². The van der Waals surface area contributed by atoms with Crippen LogP contribution in [0.3, 0.4) is 0 Å². The second-order valence-corrected chi connectivity index (χ2v) is 18.2. The quantitative estimate of drug-likeness (QED) is 0.147. The van der Waals surface area contributed by atoms with Crippen LogP contribution < -0.4 is 5.32 Å². The number of rotatable bonds is 6. The van der Waals surface area contributed by atoms with Gasteiger partial charge in [0.25, 0.3) is 0 Å². The number of hydrogen-bond acceptors (Lipinski definition) is 9. The fourth-order valence-electron chi connectivity index (χ4n) is 13.7. The largest absolute Gasteiger partial charge is 0.454 e. The van der Waals surface area contributed by atoms with Crippen LogP contribution in [-0.4, -0.2) is 79.9 Å². The molecule has 1 aromatic rings. The first-order valence-corrected chi connectivity index (χ1v) is 19.9. The van der Waals surface area contributed by atoms with Crippen LogP contribution in [0.2, 0.25) is 0 Å². The first-order valence-electron chi connectivity index (χ1n) is 19.9. The Morgan fingerprint density at radius 1 is 1.08 bits per heavy atom. The summed E-state index contributed by atoms with van der Waals surface area (Å²) in [6.45, 7) is 4.14. The fourth-order valence-corrected chi connectivity index (χ4v) is 13.7. The third kappa shape index (κ3) is 4.83. The fraction of sp³-hybridized carbons (Fsp3) is 0.721. The van der Waals surface area contributed by atoms with E-state index >= 15 is 0 Å². The number of aliphatic hydroxyl groups is 5. The van der Waals surface area contributed by atoms with E-state index in [0.717, 1.165) is 35.0 Å². The summed E-state index contributed by atoms with van der Waals surface area (Å²) in [6.07, 6.45) is 6.97. The number of nitrogens with one attached hydrogen (secondary N) is 1. The van der Waals surface area contributed by atoms with Gasteiger partial charge in [0.05, 0.1) is 29.3 Å². The zero-order chi connectivity index (χ0) is 36.8. The van der Waals surface area contributed by atoms with Crippen LogP contribution >= 0.6 is 0 Å². The third-order valence-electron chi connectivity index (χ3n) is 15.9. The van der Waals surface area contributed by atoms with Gasteiger partial charge in [0.1, 0.15) is 18.0 Å². The molecule has 9 heteroatoms. The summed E-state index contributed by atoms with van der Waals surface area (Å²) >= 11 is 0. The predicted molar refractivity (Wildman–Crippen MR) is 193 cm³/mol. The molecule has 0 saturated heterocycles. The molecule has 6 N–H and O–H groups in total. The van der Waals surface area contributed by atoms with Crippen LogP contribution in [-0.2, 0) is 27.4 Å². The number of carbonyl (C=O) groups is 2. The number of hydrogen-bond donors (Lipinski definition) is 6. The van der Waals surface area contributed by atoms with Crippen molar-refractivity contribution in [3.05, 3.63) is 46.5 Å². The molecule has 4 bridgehead atoms. The number of aliphatic hydroxyl groups excluding tert-OH is 2. The Hall–Kier alpha value is -2.58. The van der Waals surface area contributed by atoms with Crippen molar-refractivity contribution < 1.29 is 39.9 Å². The van der Waals surface area contributed by atoms with Gasteiger partial charge in [-0.1, -0.05) is 44.2 Å². The van der Waals surface area contributed by atoms with Crippen molar-refractivity contribution in [3.8, 4) is 11.8 Å². The first-order chi connectivity index (χ1) is 24.8. The van der Waals surface area contributed by atoms with Crippen LogP contribution in [0.25, 0.3) is 0 Å². The normalized spacial score (nSPS) is 46.1. The molecule has 13 atom stereocenters. The van der Waals surface area contributed by atoms with Crippen LogP contribution in [0.5, 0.6) is 0 Å². The van der Waals surface area contributed by atoms with Gasteiger partial charge in [0.2, 0.25) is 0 Å². The Labute approximate surface area is 307 Å². The Kier molecular flexibility index (Phi) is 8.92. The van der Waals surface area contributed by atoms with Crippen LogP contribution in [0.15, 0.2) is 29.8 Å². The standard InChI is InChI=1S/C43H57NO8/c1-25(2)10-11-29-21-42(50)35(40(24-46)15-12-30(47)22-41(29,40)49)13-16-39-14-5-4-7-26-8-6-9-27(23-45)31(26)18-34(44-3)32-17-28(20-43(39,42)51)37(39)33-19-36(48)52-38(32)33/h6,8-9,19,24-25,28-30,32,34-35,37-38,44-45,47,49-51H,5,10-18,20-23H2,1-3H3. The van der Waals surface area contributed by atoms with Gasteiger partial charge >= 0.3 is 5.97 Å². The first kappa shape index (κ1) is 36.4. The summed E-state index contributed by atoms with van der Waals surface area (Å²) in [4.78, 5) is 26.9. The molecular formula is C43H57NO8. The average Bonchev–Trinajstić information content (AvgIpc) is 3.62. The predicted octanol–water partition coefficient (Wildman–Crippen LogP) is 3.74. The topological polar surface area (TPSA) is 157 Å². The minimum absolute atomic E-state index is 0.0674. The molecule has 7 aliphatic carbocycles. The summed E-state index contributed by atoms with van der Waals surface area (Å²) in [5.74, 6) is 5.20. The molecule has 1 spiro atoms. The van der Waals surface area contributed by atoms with Crippen molar-refractivity contribution in [1.82, 2.24) is 5.32 Å². The van der Waals surface area contributed by atoms with Gasteiger partial charge in [0, 0.05) is 47.8 Å². The van der Waals surface area contributed by atoms with Crippen molar-refractivity contribution in [2.45, 2.75) is 139 Å². The van der Waals surface area contributed by atoms with E-state index in [9.17, 15) is 35.1 Å². The highest BCUT2D eigenvalue weighted by molar-refractivity contribution is 5.86. The molecule has 9 nitrogen and oxygen atoms in total. The van der Waals surface area contributed by atoms with E-state index in [1.54, 1.807) is 6.08 Å². The molecule has 1 aromatic carbocycles. The summed E-state index contributed by atoms with van der Waals surface area (Å²) in [6, 6.07) is 5.71. The molecule has 52 heavy (non-hydrogen) atoms. The van der Waals surface area contributed by atoms with Crippen molar-refractivity contribution in [1.29, 1.82) is 0 Å². The summed E-state index contributed by atoms with van der Waals surface area (Å²) in [5.41, 5.74) is -3.40. The third-order valence-corrected chi connectivity index (χ3v) is 15.9. The van der Waals surface area contributed by atoms with E-state index in [1.165, 1.54) is 0 Å². The molecule has 1 heterocycles. The molecule has 0 amide bonds. The summed E-state index contributed by atoms with van der Waals surface area (Å²) < 4.78 is 6.18. The molecule has 0 aromatic heterocycles. The highest BCUT2D eigenvalue weighted by Crippen LogP contribution is 2.76. The maximum Gasteiger partial charge on any atom is 0.331 e. The molecule has 5 saturated carbocycles. The lowest BCUT2D eigenvalue weighted by molar-refractivity contribution is -0.334. The molecule has 0 radical (unpaired) electrons. The number of aldehydes is 1. The van der Waals surface area contributed by atoms with Gasteiger partial charge in [-0.25, -0.2) is 4.79 Å². The van der Waals surface area contributed by atoms with Crippen LogP contribution in [0, 0.1) is 58.2 Å². The number of benzene rings is 1. The van der Waals surface area contributed by atoms with Gasteiger partial charge in [-0.3, -0.25) is 0 Å². The lowest BCUT2D eigenvalue weighted by Crippen LogP contribution is -2.79. The second-order valence-electron chi connectivity index (χ2n) is 18.2. The number of ether oxygens (including phenoxy) is 1. The van der Waals surface area contributed by atoms with Crippen molar-refractivity contribution >= 4 is 12.3 Å². The Morgan fingerprint density at radius 2 is 1.88 bits per heavy atom. The monoisotopic (exact) mass is 715 g/mol. The highest BCUT2D eigenvalue weighted by atomic mass is 16.5. The van der Waals surface area contributed by atoms with Crippen molar-refractivity contribution in [3.63, 3.8) is 0 Å². The lowest BCUT2D eigenvalue weighted by Gasteiger charge is -2.71. The van der Waals surface area contributed by atoms with E-state index in [-0.39, 0.29) is 55.6 Å². The van der Waals surface area contributed by atoms with E-state index < -0.39 is 51.7 Å². The Bertz CT molecular complexity index is 1710. The zero-order valence-corrected chi connectivity index (χ0v) is 30.9.